The Bertz CT molecular complexity index is 361. The van der Waals surface area contributed by atoms with Crippen LogP contribution in [0.3, 0.4) is 0 Å². The molecule has 16 heavy (non-hydrogen) atoms. The van der Waals surface area contributed by atoms with E-state index in [-0.39, 0.29) is 6.42 Å². The van der Waals surface area contributed by atoms with Crippen LogP contribution in [0.25, 0.3) is 0 Å². The number of hydrogen-bond acceptors (Lipinski definition) is 2. The first-order valence-electron chi connectivity index (χ1n) is 5.34. The quantitative estimate of drug-likeness (QED) is 0.544. The highest BCUT2D eigenvalue weighted by Crippen LogP contribution is 2.09. The van der Waals surface area contributed by atoms with Gasteiger partial charge in [0.1, 0.15) is 0 Å². The summed E-state index contributed by atoms with van der Waals surface area (Å²) in [5, 5.41) is 12.0. The number of aliphatic carboxylic acids is 1. The smallest absolute Gasteiger partial charge is 0.307 e. The number of rotatable bonds is 7. The Kier molecular flexibility index (Phi) is 5.29. The van der Waals surface area contributed by atoms with Crippen molar-refractivity contribution >= 4 is 5.97 Å². The fraction of sp³-hybridized carbons (Fsp3) is 0.308. The Labute approximate surface area is 95.8 Å². The minimum Gasteiger partial charge on any atom is -0.481 e. The van der Waals surface area contributed by atoms with Crippen molar-refractivity contribution in [3.05, 3.63) is 48.0 Å². The van der Waals surface area contributed by atoms with Crippen LogP contribution in [-0.4, -0.2) is 17.6 Å². The zero-order valence-corrected chi connectivity index (χ0v) is 9.28. The first-order chi connectivity index (χ1) is 7.74. The van der Waals surface area contributed by atoms with Crippen LogP contribution in [0.2, 0.25) is 0 Å². The number of carbonyl (C=O) groups is 1. The molecule has 1 rings (SSSR count). The molecular formula is C13H17NO2. The van der Waals surface area contributed by atoms with E-state index in [0.717, 1.165) is 24.1 Å². The van der Waals surface area contributed by atoms with E-state index in [1.165, 1.54) is 0 Å². The Balaban J connectivity index is 2.56. The molecule has 1 aromatic carbocycles. The maximum Gasteiger partial charge on any atom is 0.307 e. The second-order valence-electron chi connectivity index (χ2n) is 3.59. The largest absolute Gasteiger partial charge is 0.481 e. The topological polar surface area (TPSA) is 49.3 Å². The average Bonchev–Trinajstić information content (AvgIpc) is 2.26. The van der Waals surface area contributed by atoms with Gasteiger partial charge in [-0.2, -0.15) is 0 Å². The average molecular weight is 219 g/mol. The molecule has 86 valence electrons. The van der Waals surface area contributed by atoms with Crippen molar-refractivity contribution in [2.45, 2.75) is 19.4 Å². The van der Waals surface area contributed by atoms with Crippen molar-refractivity contribution in [3.63, 3.8) is 0 Å². The summed E-state index contributed by atoms with van der Waals surface area (Å²) in [5.41, 5.74) is 1.93. The highest BCUT2D eigenvalue weighted by atomic mass is 16.4. The summed E-state index contributed by atoms with van der Waals surface area (Å²) in [6.45, 7) is 5.22. The van der Waals surface area contributed by atoms with E-state index < -0.39 is 5.97 Å². The summed E-state index contributed by atoms with van der Waals surface area (Å²) in [5.74, 6) is -0.793. The summed E-state index contributed by atoms with van der Waals surface area (Å²) < 4.78 is 0. The van der Waals surface area contributed by atoms with Crippen LogP contribution in [0.15, 0.2) is 36.9 Å². The molecule has 0 aliphatic carbocycles. The van der Waals surface area contributed by atoms with E-state index in [4.69, 9.17) is 5.11 Å². The van der Waals surface area contributed by atoms with Gasteiger partial charge in [-0.3, -0.25) is 4.79 Å². The fourth-order valence-electron chi connectivity index (χ4n) is 1.49. The maximum absolute atomic E-state index is 10.7. The molecule has 0 bridgehead atoms. The molecule has 0 saturated heterocycles. The molecule has 0 aliphatic rings. The van der Waals surface area contributed by atoms with Gasteiger partial charge in [-0.15, -0.1) is 6.58 Å². The van der Waals surface area contributed by atoms with Crippen molar-refractivity contribution in [1.29, 1.82) is 0 Å². The number of benzene rings is 1. The third kappa shape index (κ3) is 4.28. The first-order valence-corrected chi connectivity index (χ1v) is 5.34. The molecule has 0 radical (unpaired) electrons. The van der Waals surface area contributed by atoms with Crippen LogP contribution in [0.5, 0.6) is 0 Å². The SMILES string of the molecule is C=CCCNCc1ccccc1CC(=O)O. The minimum absolute atomic E-state index is 0.0827. The third-order valence-corrected chi connectivity index (χ3v) is 2.30. The predicted molar refractivity (Wildman–Crippen MR) is 64.3 cm³/mol. The Morgan fingerprint density at radius 3 is 2.69 bits per heavy atom. The predicted octanol–water partition coefficient (Wildman–Crippen LogP) is 1.98. The molecular weight excluding hydrogens is 202 g/mol. The molecule has 1 aromatic rings. The fourth-order valence-corrected chi connectivity index (χ4v) is 1.49. The van der Waals surface area contributed by atoms with Crippen molar-refractivity contribution in [2.24, 2.45) is 0 Å². The number of hydrogen-bond donors (Lipinski definition) is 2. The summed E-state index contributed by atoms with van der Waals surface area (Å²) >= 11 is 0. The van der Waals surface area contributed by atoms with E-state index in [9.17, 15) is 4.79 Å². The molecule has 0 aromatic heterocycles. The Morgan fingerprint density at radius 1 is 1.38 bits per heavy atom. The summed E-state index contributed by atoms with van der Waals surface area (Å²) in [6, 6.07) is 7.61. The van der Waals surface area contributed by atoms with E-state index in [1.54, 1.807) is 0 Å². The molecule has 0 saturated carbocycles. The molecule has 2 N–H and O–H groups in total. The second-order valence-corrected chi connectivity index (χ2v) is 3.59. The van der Waals surface area contributed by atoms with Gasteiger partial charge in [-0.25, -0.2) is 0 Å². The van der Waals surface area contributed by atoms with E-state index in [0.29, 0.717) is 6.54 Å². The minimum atomic E-state index is -0.793. The number of nitrogens with one attached hydrogen (secondary N) is 1. The standard InChI is InChI=1S/C13H17NO2/c1-2-3-8-14-10-12-7-5-4-6-11(12)9-13(15)16/h2,4-7,14H,1,3,8-10H2,(H,15,16). The van der Waals surface area contributed by atoms with Gasteiger partial charge in [0.25, 0.3) is 0 Å². The molecule has 0 fully saturated rings. The van der Waals surface area contributed by atoms with E-state index >= 15 is 0 Å². The summed E-state index contributed by atoms with van der Waals surface area (Å²) in [4.78, 5) is 10.7. The summed E-state index contributed by atoms with van der Waals surface area (Å²) in [6.07, 6.45) is 2.86. The monoisotopic (exact) mass is 219 g/mol. The van der Waals surface area contributed by atoms with Crippen LogP contribution in [0.1, 0.15) is 17.5 Å². The highest BCUT2D eigenvalue weighted by Gasteiger charge is 2.05. The van der Waals surface area contributed by atoms with Gasteiger partial charge in [0.15, 0.2) is 0 Å². The van der Waals surface area contributed by atoms with Gasteiger partial charge in [-0.05, 0) is 24.1 Å². The van der Waals surface area contributed by atoms with E-state index in [1.807, 2.05) is 30.3 Å². The summed E-state index contributed by atoms with van der Waals surface area (Å²) in [7, 11) is 0. The van der Waals surface area contributed by atoms with Crippen molar-refractivity contribution in [3.8, 4) is 0 Å². The van der Waals surface area contributed by atoms with Gasteiger partial charge < -0.3 is 10.4 Å². The molecule has 0 amide bonds. The van der Waals surface area contributed by atoms with Gasteiger partial charge >= 0.3 is 5.97 Å². The molecule has 0 aliphatic heterocycles. The van der Waals surface area contributed by atoms with Crippen molar-refractivity contribution in [2.75, 3.05) is 6.54 Å². The van der Waals surface area contributed by atoms with Crippen molar-refractivity contribution in [1.82, 2.24) is 5.32 Å². The van der Waals surface area contributed by atoms with Crippen LogP contribution in [0.4, 0.5) is 0 Å². The number of carboxylic acid groups (broad SMARTS) is 1. The molecule has 0 heterocycles. The molecule has 0 atom stereocenters. The lowest BCUT2D eigenvalue weighted by Crippen LogP contribution is -2.16. The van der Waals surface area contributed by atoms with Crippen LogP contribution in [-0.2, 0) is 17.8 Å². The zero-order chi connectivity index (χ0) is 11.8. The molecule has 0 spiro atoms. The second kappa shape index (κ2) is 6.80. The lowest BCUT2D eigenvalue weighted by atomic mass is 10.0. The lowest BCUT2D eigenvalue weighted by Gasteiger charge is -2.08. The van der Waals surface area contributed by atoms with Gasteiger partial charge in [-0.1, -0.05) is 30.3 Å². The zero-order valence-electron chi connectivity index (χ0n) is 9.28. The van der Waals surface area contributed by atoms with Gasteiger partial charge in [0.05, 0.1) is 6.42 Å². The lowest BCUT2D eigenvalue weighted by molar-refractivity contribution is -0.136. The van der Waals surface area contributed by atoms with E-state index in [2.05, 4.69) is 11.9 Å². The van der Waals surface area contributed by atoms with Gasteiger partial charge in [0, 0.05) is 6.54 Å². The third-order valence-electron chi connectivity index (χ3n) is 2.30. The Hall–Kier alpha value is -1.61. The van der Waals surface area contributed by atoms with Crippen LogP contribution < -0.4 is 5.32 Å². The highest BCUT2D eigenvalue weighted by molar-refractivity contribution is 5.70. The number of carboxylic acids is 1. The first kappa shape index (κ1) is 12.5. The van der Waals surface area contributed by atoms with Gasteiger partial charge in [0.2, 0.25) is 0 Å². The molecule has 3 nitrogen and oxygen atoms in total. The normalized spacial score (nSPS) is 10.0. The van der Waals surface area contributed by atoms with Crippen LogP contribution in [0, 0.1) is 0 Å². The molecule has 3 heteroatoms. The van der Waals surface area contributed by atoms with Crippen LogP contribution >= 0.6 is 0 Å². The maximum atomic E-state index is 10.7. The molecule has 0 unspecified atom stereocenters. The van der Waals surface area contributed by atoms with Crippen molar-refractivity contribution < 1.29 is 9.90 Å². The Morgan fingerprint density at radius 2 is 2.06 bits per heavy atom.